The van der Waals surface area contributed by atoms with Gasteiger partial charge in [0.2, 0.25) is 11.8 Å². The average Bonchev–Trinajstić information content (AvgIpc) is 3.55. The zero-order chi connectivity index (χ0) is 21.6. The van der Waals surface area contributed by atoms with Crippen LogP contribution in [0.25, 0.3) is 0 Å². The fraction of sp³-hybridized carbons (Fsp3) is 0.625. The molecule has 3 aliphatic rings. The Morgan fingerprint density at radius 2 is 1.78 bits per heavy atom. The van der Waals surface area contributed by atoms with E-state index >= 15 is 0 Å². The van der Waals surface area contributed by atoms with Crippen molar-refractivity contribution in [2.75, 3.05) is 26.7 Å². The van der Waals surface area contributed by atoms with Crippen LogP contribution in [-0.2, 0) is 22.7 Å². The van der Waals surface area contributed by atoms with Gasteiger partial charge >= 0.3 is 0 Å². The van der Waals surface area contributed by atoms with Crippen molar-refractivity contribution in [3.8, 4) is 0 Å². The van der Waals surface area contributed by atoms with Crippen molar-refractivity contribution < 1.29 is 9.59 Å². The second-order valence-electron chi connectivity index (χ2n) is 9.06. The van der Waals surface area contributed by atoms with Crippen LogP contribution in [0.1, 0.15) is 56.1 Å². The van der Waals surface area contributed by atoms with E-state index in [1.807, 2.05) is 9.80 Å². The maximum atomic E-state index is 12.6. The molecule has 8 heteroatoms. The second kappa shape index (κ2) is 11.9. The first-order valence-corrected chi connectivity index (χ1v) is 11.7. The summed E-state index contributed by atoms with van der Waals surface area (Å²) in [7, 11) is 1.78. The molecule has 1 aliphatic carbocycles. The Morgan fingerprint density at radius 3 is 2.44 bits per heavy atom. The van der Waals surface area contributed by atoms with E-state index in [0.29, 0.717) is 25.4 Å². The quantitative estimate of drug-likeness (QED) is 0.323. The summed E-state index contributed by atoms with van der Waals surface area (Å²) < 4.78 is 0. The van der Waals surface area contributed by atoms with Crippen LogP contribution in [0.4, 0.5) is 0 Å². The van der Waals surface area contributed by atoms with Gasteiger partial charge in [0.1, 0.15) is 0 Å². The van der Waals surface area contributed by atoms with Crippen molar-refractivity contribution in [3.63, 3.8) is 0 Å². The summed E-state index contributed by atoms with van der Waals surface area (Å²) in [4.78, 5) is 32.8. The first-order chi connectivity index (χ1) is 15.1. The van der Waals surface area contributed by atoms with Crippen LogP contribution in [0.2, 0.25) is 0 Å². The molecule has 1 atom stereocenters. The highest BCUT2D eigenvalue weighted by molar-refractivity contribution is 14.0. The van der Waals surface area contributed by atoms with Crippen LogP contribution in [0.5, 0.6) is 0 Å². The van der Waals surface area contributed by atoms with Crippen LogP contribution in [0.15, 0.2) is 29.3 Å². The van der Waals surface area contributed by atoms with Crippen LogP contribution in [0.3, 0.4) is 0 Å². The topological polar surface area (TPSA) is 77.0 Å². The molecule has 2 aliphatic heterocycles. The summed E-state index contributed by atoms with van der Waals surface area (Å²) in [5, 5.41) is 6.86. The molecule has 2 heterocycles. The van der Waals surface area contributed by atoms with E-state index < -0.39 is 0 Å². The summed E-state index contributed by atoms with van der Waals surface area (Å²) in [6.07, 6.45) is 7.12. The Kier molecular flexibility index (Phi) is 9.19. The van der Waals surface area contributed by atoms with Gasteiger partial charge in [0.25, 0.3) is 0 Å². The minimum absolute atomic E-state index is 0. The molecule has 4 rings (SSSR count). The number of nitrogens with zero attached hydrogens (tertiary/aromatic N) is 3. The SMILES string of the molecule is CN=C(NCc1ccc(CN2CCCC2=O)cc1)NC1CCN(C(=O)C2CCCC2)C1.I. The highest BCUT2D eigenvalue weighted by Gasteiger charge is 2.32. The first kappa shape index (κ1) is 24.8. The zero-order valence-corrected chi connectivity index (χ0v) is 21.3. The van der Waals surface area contributed by atoms with Crippen molar-refractivity contribution in [1.82, 2.24) is 20.4 Å². The minimum Gasteiger partial charge on any atom is -0.352 e. The minimum atomic E-state index is 0. The molecule has 3 fully saturated rings. The molecule has 2 N–H and O–H groups in total. The standard InChI is InChI=1S/C24H35N5O2.HI/c1-25-24(27-21-12-14-29(17-21)23(31)20-5-2-3-6-20)26-15-18-8-10-19(11-9-18)16-28-13-4-7-22(28)30;/h8-11,20-21H,2-7,12-17H2,1H3,(H2,25,26,27);1H. The summed E-state index contributed by atoms with van der Waals surface area (Å²) in [6, 6.07) is 8.66. The average molecular weight is 553 g/mol. The Labute approximate surface area is 208 Å². The van der Waals surface area contributed by atoms with E-state index in [9.17, 15) is 9.59 Å². The Balaban J connectivity index is 0.00000289. The molecule has 1 unspecified atom stereocenters. The predicted molar refractivity (Wildman–Crippen MR) is 137 cm³/mol. The fourth-order valence-corrected chi connectivity index (χ4v) is 4.94. The van der Waals surface area contributed by atoms with Gasteiger partial charge in [0.05, 0.1) is 0 Å². The molecule has 1 aromatic carbocycles. The van der Waals surface area contributed by atoms with Gasteiger partial charge in [0, 0.05) is 58.2 Å². The lowest BCUT2D eigenvalue weighted by molar-refractivity contribution is -0.134. The molecule has 0 aromatic heterocycles. The molecule has 0 bridgehead atoms. The molecular formula is C24H36IN5O2. The molecule has 176 valence electrons. The number of rotatable bonds is 6. The smallest absolute Gasteiger partial charge is 0.225 e. The fourth-order valence-electron chi connectivity index (χ4n) is 4.94. The lowest BCUT2D eigenvalue weighted by Gasteiger charge is -2.21. The predicted octanol–water partition coefficient (Wildman–Crippen LogP) is 2.88. The Bertz CT molecular complexity index is 807. The van der Waals surface area contributed by atoms with Gasteiger partial charge in [-0.05, 0) is 36.8 Å². The number of halogens is 1. The largest absolute Gasteiger partial charge is 0.352 e. The maximum Gasteiger partial charge on any atom is 0.225 e. The molecule has 2 amide bonds. The summed E-state index contributed by atoms with van der Waals surface area (Å²) >= 11 is 0. The van der Waals surface area contributed by atoms with Crippen LogP contribution < -0.4 is 10.6 Å². The van der Waals surface area contributed by atoms with Gasteiger partial charge in [-0.15, -0.1) is 24.0 Å². The van der Waals surface area contributed by atoms with Crippen LogP contribution in [0, 0.1) is 5.92 Å². The zero-order valence-electron chi connectivity index (χ0n) is 19.0. The highest BCUT2D eigenvalue weighted by atomic mass is 127. The second-order valence-corrected chi connectivity index (χ2v) is 9.06. The summed E-state index contributed by atoms with van der Waals surface area (Å²) in [6.45, 7) is 3.85. The van der Waals surface area contributed by atoms with E-state index in [1.54, 1.807) is 7.05 Å². The monoisotopic (exact) mass is 553 g/mol. The first-order valence-electron chi connectivity index (χ1n) is 11.7. The van der Waals surface area contributed by atoms with Crippen molar-refractivity contribution in [3.05, 3.63) is 35.4 Å². The van der Waals surface area contributed by atoms with Gasteiger partial charge in [-0.3, -0.25) is 14.6 Å². The third-order valence-electron chi connectivity index (χ3n) is 6.80. The molecule has 7 nitrogen and oxygen atoms in total. The molecule has 32 heavy (non-hydrogen) atoms. The number of carbonyl (C=O) groups is 2. The van der Waals surface area contributed by atoms with E-state index in [1.165, 1.54) is 24.0 Å². The Hall–Kier alpha value is -1.84. The van der Waals surface area contributed by atoms with Gasteiger partial charge in [-0.2, -0.15) is 0 Å². The number of carbonyl (C=O) groups excluding carboxylic acids is 2. The van der Waals surface area contributed by atoms with E-state index in [2.05, 4.69) is 39.9 Å². The van der Waals surface area contributed by atoms with Crippen molar-refractivity contribution in [2.45, 2.75) is 64.1 Å². The third kappa shape index (κ3) is 6.36. The van der Waals surface area contributed by atoms with E-state index in [4.69, 9.17) is 0 Å². The van der Waals surface area contributed by atoms with Crippen molar-refractivity contribution >= 4 is 41.8 Å². The van der Waals surface area contributed by atoms with Gasteiger partial charge in [-0.1, -0.05) is 37.1 Å². The Morgan fingerprint density at radius 1 is 1.06 bits per heavy atom. The van der Waals surface area contributed by atoms with Gasteiger partial charge in [0.15, 0.2) is 5.96 Å². The number of hydrogen-bond acceptors (Lipinski definition) is 3. The molecule has 1 aromatic rings. The van der Waals surface area contributed by atoms with Crippen LogP contribution in [-0.4, -0.2) is 60.3 Å². The molecule has 2 saturated heterocycles. The van der Waals surface area contributed by atoms with E-state index in [-0.39, 0.29) is 41.8 Å². The molecular weight excluding hydrogens is 517 g/mol. The van der Waals surface area contributed by atoms with Gasteiger partial charge < -0.3 is 20.4 Å². The van der Waals surface area contributed by atoms with E-state index in [0.717, 1.165) is 51.3 Å². The number of nitrogens with one attached hydrogen (secondary N) is 2. The molecule has 0 radical (unpaired) electrons. The summed E-state index contributed by atoms with van der Waals surface area (Å²) in [5.74, 6) is 1.63. The molecule has 0 spiro atoms. The lowest BCUT2D eigenvalue weighted by Crippen LogP contribution is -2.45. The van der Waals surface area contributed by atoms with Crippen LogP contribution >= 0.6 is 24.0 Å². The highest BCUT2D eigenvalue weighted by Crippen LogP contribution is 2.27. The third-order valence-corrected chi connectivity index (χ3v) is 6.80. The van der Waals surface area contributed by atoms with Crippen molar-refractivity contribution in [2.24, 2.45) is 10.9 Å². The normalized spacial score (nSPS) is 21.7. The summed E-state index contributed by atoms with van der Waals surface area (Å²) in [5.41, 5.74) is 2.34. The molecule has 1 saturated carbocycles. The van der Waals surface area contributed by atoms with Crippen molar-refractivity contribution in [1.29, 1.82) is 0 Å². The number of benzene rings is 1. The maximum absolute atomic E-state index is 12.6. The number of hydrogen-bond donors (Lipinski definition) is 2. The number of amides is 2. The number of likely N-dealkylation sites (tertiary alicyclic amines) is 2. The lowest BCUT2D eigenvalue weighted by atomic mass is 10.1. The number of guanidine groups is 1. The van der Waals surface area contributed by atoms with Gasteiger partial charge in [-0.25, -0.2) is 0 Å². The number of aliphatic imine (C=N–C) groups is 1.